The van der Waals surface area contributed by atoms with E-state index >= 15 is 0 Å². The Morgan fingerprint density at radius 1 is 1.29 bits per heavy atom. The Kier molecular flexibility index (Phi) is 2.05. The molecule has 3 N–H and O–H groups in total. The van der Waals surface area contributed by atoms with Gasteiger partial charge in [-0.25, -0.2) is 8.78 Å². The minimum atomic E-state index is -0.929. The third-order valence-corrected chi connectivity index (χ3v) is 2.64. The molecule has 1 fully saturated rings. The van der Waals surface area contributed by atoms with Crippen LogP contribution in [0.15, 0.2) is 18.2 Å². The van der Waals surface area contributed by atoms with Crippen molar-refractivity contribution >= 4 is 0 Å². The summed E-state index contributed by atoms with van der Waals surface area (Å²) in [7, 11) is 0. The van der Waals surface area contributed by atoms with Gasteiger partial charge in [-0.05, 0) is 30.5 Å². The molecule has 0 heterocycles. The van der Waals surface area contributed by atoms with E-state index < -0.39 is 23.3 Å². The molecular formula is C10H11F2NO. The Hall–Kier alpha value is -1.00. The average Bonchev–Trinajstić information content (AvgIpc) is 2.89. The molecule has 0 spiro atoms. The number of aliphatic hydroxyl groups is 1. The second-order valence-corrected chi connectivity index (χ2v) is 3.75. The average molecular weight is 199 g/mol. The first-order valence-corrected chi connectivity index (χ1v) is 4.46. The van der Waals surface area contributed by atoms with Gasteiger partial charge < -0.3 is 10.8 Å². The molecule has 1 aromatic carbocycles. The van der Waals surface area contributed by atoms with E-state index in [1.165, 1.54) is 6.07 Å². The van der Waals surface area contributed by atoms with Crippen LogP contribution in [0.5, 0.6) is 0 Å². The fraction of sp³-hybridized carbons (Fsp3) is 0.400. The van der Waals surface area contributed by atoms with E-state index in [0.29, 0.717) is 18.4 Å². The highest BCUT2D eigenvalue weighted by Gasteiger charge is 2.46. The zero-order valence-electron chi connectivity index (χ0n) is 7.50. The summed E-state index contributed by atoms with van der Waals surface area (Å²) in [5.74, 6) is -1.83. The molecule has 0 amide bonds. The predicted molar refractivity (Wildman–Crippen MR) is 47.5 cm³/mol. The molecule has 1 aliphatic carbocycles. The maximum Gasteiger partial charge on any atom is 0.159 e. The lowest BCUT2D eigenvalue weighted by molar-refractivity contribution is 0.119. The molecule has 1 aromatic rings. The van der Waals surface area contributed by atoms with Crippen LogP contribution in [0.3, 0.4) is 0 Å². The smallest absolute Gasteiger partial charge is 0.159 e. The summed E-state index contributed by atoms with van der Waals surface area (Å²) >= 11 is 0. The SMILES string of the molecule is NC(c1ccc(F)c(F)c1)C1(O)CC1. The molecule has 2 rings (SSSR count). The number of benzene rings is 1. The summed E-state index contributed by atoms with van der Waals surface area (Å²) in [5.41, 5.74) is 5.24. The largest absolute Gasteiger partial charge is 0.388 e. The standard InChI is InChI=1S/C10H11F2NO/c11-7-2-1-6(5-8(7)12)9(13)10(14)3-4-10/h1-2,5,9,14H,3-4,13H2. The topological polar surface area (TPSA) is 46.2 Å². The summed E-state index contributed by atoms with van der Waals surface area (Å²) in [6.45, 7) is 0. The van der Waals surface area contributed by atoms with Crippen molar-refractivity contribution in [1.29, 1.82) is 0 Å². The van der Waals surface area contributed by atoms with Gasteiger partial charge in [0.05, 0.1) is 11.6 Å². The lowest BCUT2D eigenvalue weighted by Gasteiger charge is -2.17. The van der Waals surface area contributed by atoms with Crippen molar-refractivity contribution in [2.45, 2.75) is 24.5 Å². The molecule has 1 saturated carbocycles. The number of hydrogen-bond donors (Lipinski definition) is 2. The quantitative estimate of drug-likeness (QED) is 0.758. The van der Waals surface area contributed by atoms with Gasteiger partial charge >= 0.3 is 0 Å². The van der Waals surface area contributed by atoms with Crippen molar-refractivity contribution in [1.82, 2.24) is 0 Å². The van der Waals surface area contributed by atoms with Crippen LogP contribution in [0, 0.1) is 11.6 Å². The molecule has 76 valence electrons. The number of nitrogens with two attached hydrogens (primary N) is 1. The minimum Gasteiger partial charge on any atom is -0.388 e. The number of hydrogen-bond acceptors (Lipinski definition) is 2. The van der Waals surface area contributed by atoms with Gasteiger partial charge in [-0.2, -0.15) is 0 Å². The van der Waals surface area contributed by atoms with E-state index in [2.05, 4.69) is 0 Å². The van der Waals surface area contributed by atoms with E-state index in [1.807, 2.05) is 0 Å². The van der Waals surface area contributed by atoms with E-state index in [9.17, 15) is 13.9 Å². The first-order valence-electron chi connectivity index (χ1n) is 4.46. The molecule has 0 radical (unpaired) electrons. The van der Waals surface area contributed by atoms with Crippen LogP contribution >= 0.6 is 0 Å². The molecule has 0 bridgehead atoms. The summed E-state index contributed by atoms with van der Waals surface area (Å²) in [6.07, 6.45) is 1.24. The molecule has 2 nitrogen and oxygen atoms in total. The van der Waals surface area contributed by atoms with Gasteiger partial charge in [0, 0.05) is 0 Å². The first kappa shape index (κ1) is 9.55. The maximum absolute atomic E-state index is 12.8. The van der Waals surface area contributed by atoms with Crippen LogP contribution in [-0.4, -0.2) is 10.7 Å². The summed E-state index contributed by atoms with van der Waals surface area (Å²) in [6, 6.07) is 2.84. The van der Waals surface area contributed by atoms with Crippen LogP contribution < -0.4 is 5.73 Å². The van der Waals surface area contributed by atoms with E-state index in [0.717, 1.165) is 12.1 Å². The summed E-state index contributed by atoms with van der Waals surface area (Å²) in [5, 5.41) is 9.67. The van der Waals surface area contributed by atoms with Crippen molar-refractivity contribution in [3.05, 3.63) is 35.4 Å². The van der Waals surface area contributed by atoms with Gasteiger partial charge in [-0.15, -0.1) is 0 Å². The van der Waals surface area contributed by atoms with Gasteiger partial charge in [0.2, 0.25) is 0 Å². The highest BCUT2D eigenvalue weighted by atomic mass is 19.2. The summed E-state index contributed by atoms with van der Waals surface area (Å²) in [4.78, 5) is 0. The van der Waals surface area contributed by atoms with Crippen LogP contribution in [0.25, 0.3) is 0 Å². The monoisotopic (exact) mass is 199 g/mol. The van der Waals surface area contributed by atoms with Crippen molar-refractivity contribution in [3.8, 4) is 0 Å². The molecule has 1 unspecified atom stereocenters. The van der Waals surface area contributed by atoms with Crippen molar-refractivity contribution in [2.24, 2.45) is 5.73 Å². The fourth-order valence-corrected chi connectivity index (χ4v) is 1.46. The Morgan fingerprint density at radius 2 is 1.93 bits per heavy atom. The number of halogens is 2. The third kappa shape index (κ3) is 1.51. The van der Waals surface area contributed by atoms with Gasteiger partial charge in [-0.1, -0.05) is 6.07 Å². The lowest BCUT2D eigenvalue weighted by Crippen LogP contribution is -2.27. The normalized spacial score (nSPS) is 20.6. The van der Waals surface area contributed by atoms with Crippen LogP contribution in [0.4, 0.5) is 8.78 Å². The lowest BCUT2D eigenvalue weighted by atomic mass is 10.0. The minimum absolute atomic E-state index is 0.434. The highest BCUT2D eigenvalue weighted by molar-refractivity contribution is 5.26. The van der Waals surface area contributed by atoms with E-state index in [1.54, 1.807) is 0 Å². The zero-order valence-corrected chi connectivity index (χ0v) is 7.50. The van der Waals surface area contributed by atoms with Crippen molar-refractivity contribution < 1.29 is 13.9 Å². The van der Waals surface area contributed by atoms with Crippen LogP contribution in [0.2, 0.25) is 0 Å². The zero-order chi connectivity index (χ0) is 10.3. The molecule has 0 saturated heterocycles. The second kappa shape index (κ2) is 3.00. The Balaban J connectivity index is 2.28. The molecule has 14 heavy (non-hydrogen) atoms. The van der Waals surface area contributed by atoms with E-state index in [4.69, 9.17) is 5.73 Å². The first-order chi connectivity index (χ1) is 6.53. The van der Waals surface area contributed by atoms with Gasteiger partial charge in [-0.3, -0.25) is 0 Å². The van der Waals surface area contributed by atoms with Gasteiger partial charge in [0.15, 0.2) is 11.6 Å². The number of rotatable bonds is 2. The third-order valence-electron chi connectivity index (χ3n) is 2.64. The van der Waals surface area contributed by atoms with Crippen molar-refractivity contribution in [3.63, 3.8) is 0 Å². The Bertz CT molecular complexity index is 363. The van der Waals surface area contributed by atoms with Gasteiger partial charge in [0.1, 0.15) is 0 Å². The Morgan fingerprint density at radius 3 is 2.43 bits per heavy atom. The molecule has 0 aliphatic heterocycles. The van der Waals surface area contributed by atoms with Crippen LogP contribution in [0.1, 0.15) is 24.4 Å². The maximum atomic E-state index is 12.8. The Labute approximate surface area is 80.4 Å². The molecule has 4 heteroatoms. The van der Waals surface area contributed by atoms with Gasteiger partial charge in [0.25, 0.3) is 0 Å². The molecule has 1 atom stereocenters. The van der Waals surface area contributed by atoms with E-state index in [-0.39, 0.29) is 0 Å². The van der Waals surface area contributed by atoms with Crippen LogP contribution in [-0.2, 0) is 0 Å². The fourth-order valence-electron chi connectivity index (χ4n) is 1.46. The second-order valence-electron chi connectivity index (χ2n) is 3.75. The predicted octanol–water partition coefficient (Wildman–Crippen LogP) is 1.49. The van der Waals surface area contributed by atoms with Crippen molar-refractivity contribution in [2.75, 3.05) is 0 Å². The molecule has 0 aromatic heterocycles. The molecular weight excluding hydrogens is 188 g/mol. The molecule has 1 aliphatic rings. The summed E-state index contributed by atoms with van der Waals surface area (Å²) < 4.78 is 25.4. The highest BCUT2D eigenvalue weighted by Crippen LogP contribution is 2.44.